The summed E-state index contributed by atoms with van der Waals surface area (Å²) in [6.45, 7) is 7.55. The topological polar surface area (TPSA) is 32.3 Å². The first-order valence-electron chi connectivity index (χ1n) is 7.17. The van der Waals surface area contributed by atoms with Crippen LogP contribution in [0.4, 0.5) is 0 Å². The molecule has 4 heteroatoms. The van der Waals surface area contributed by atoms with Crippen molar-refractivity contribution in [1.82, 2.24) is 10.2 Å². The van der Waals surface area contributed by atoms with E-state index in [2.05, 4.69) is 24.1 Å². The summed E-state index contributed by atoms with van der Waals surface area (Å²) in [6, 6.07) is 0.106. The number of rotatable bonds is 2. The van der Waals surface area contributed by atoms with Crippen LogP contribution in [0.1, 0.15) is 52.4 Å². The average Bonchev–Trinajstić information content (AvgIpc) is 2.40. The molecule has 2 saturated heterocycles. The van der Waals surface area contributed by atoms with Gasteiger partial charge in [-0.3, -0.25) is 4.79 Å². The predicted octanol–water partition coefficient (Wildman–Crippen LogP) is 2.59. The van der Waals surface area contributed by atoms with Crippen LogP contribution in [0.25, 0.3) is 0 Å². The van der Waals surface area contributed by atoms with Crippen LogP contribution in [0.15, 0.2) is 0 Å². The summed E-state index contributed by atoms with van der Waals surface area (Å²) in [5.74, 6) is 0.350. The Labute approximate surface area is 117 Å². The van der Waals surface area contributed by atoms with Gasteiger partial charge in [0.25, 0.3) is 0 Å². The van der Waals surface area contributed by atoms with Gasteiger partial charge in [0, 0.05) is 13.1 Å². The van der Waals surface area contributed by atoms with Gasteiger partial charge in [0.15, 0.2) is 0 Å². The first-order chi connectivity index (χ1) is 8.14. The largest absolute Gasteiger partial charge is 0.341 e. The Hall–Kier alpha value is -0.280. The van der Waals surface area contributed by atoms with Crippen molar-refractivity contribution in [1.29, 1.82) is 0 Å². The number of hydrogen-bond acceptors (Lipinski definition) is 2. The molecule has 3 nitrogen and oxygen atoms in total. The van der Waals surface area contributed by atoms with Gasteiger partial charge in [-0.05, 0) is 37.6 Å². The molecule has 0 aromatic carbocycles. The van der Waals surface area contributed by atoms with E-state index in [4.69, 9.17) is 0 Å². The molecule has 0 aromatic rings. The Morgan fingerprint density at radius 1 is 1.33 bits per heavy atom. The van der Waals surface area contributed by atoms with Gasteiger partial charge in [-0.2, -0.15) is 0 Å². The average molecular weight is 275 g/mol. The van der Waals surface area contributed by atoms with Crippen LogP contribution in [0.5, 0.6) is 0 Å². The summed E-state index contributed by atoms with van der Waals surface area (Å²) in [4.78, 5) is 14.4. The number of likely N-dealkylation sites (tertiary alicyclic amines) is 1. The van der Waals surface area contributed by atoms with Crippen molar-refractivity contribution in [2.75, 3.05) is 19.6 Å². The highest BCUT2D eigenvalue weighted by molar-refractivity contribution is 5.85. The number of hydrogen-bond donors (Lipinski definition) is 1. The molecule has 1 amide bonds. The van der Waals surface area contributed by atoms with E-state index in [1.807, 2.05) is 0 Å². The van der Waals surface area contributed by atoms with Crippen molar-refractivity contribution in [3.8, 4) is 0 Å². The summed E-state index contributed by atoms with van der Waals surface area (Å²) in [5, 5.41) is 3.36. The third-order valence-corrected chi connectivity index (χ3v) is 4.74. The molecular weight excluding hydrogens is 248 g/mol. The molecule has 18 heavy (non-hydrogen) atoms. The SMILES string of the molecule is CCC1(C)CCN(C(=O)C2CCCCN2)CC1.Cl. The number of amides is 1. The fourth-order valence-electron chi connectivity index (χ4n) is 2.90. The van der Waals surface area contributed by atoms with E-state index in [1.165, 1.54) is 32.1 Å². The lowest BCUT2D eigenvalue weighted by atomic mass is 9.78. The van der Waals surface area contributed by atoms with Gasteiger partial charge >= 0.3 is 0 Å². The molecule has 2 fully saturated rings. The zero-order valence-electron chi connectivity index (χ0n) is 11.7. The number of piperidine rings is 2. The molecule has 0 aliphatic carbocycles. The van der Waals surface area contributed by atoms with Gasteiger partial charge in [0.1, 0.15) is 0 Å². The van der Waals surface area contributed by atoms with Gasteiger partial charge in [0.2, 0.25) is 5.91 Å². The maximum absolute atomic E-state index is 12.3. The summed E-state index contributed by atoms with van der Waals surface area (Å²) >= 11 is 0. The molecule has 1 atom stereocenters. The zero-order valence-corrected chi connectivity index (χ0v) is 12.5. The third-order valence-electron chi connectivity index (χ3n) is 4.74. The van der Waals surface area contributed by atoms with Crippen molar-refractivity contribution in [3.05, 3.63) is 0 Å². The maximum atomic E-state index is 12.3. The molecule has 0 saturated carbocycles. The van der Waals surface area contributed by atoms with Crippen molar-refractivity contribution >= 4 is 18.3 Å². The smallest absolute Gasteiger partial charge is 0.239 e. The van der Waals surface area contributed by atoms with E-state index in [0.29, 0.717) is 11.3 Å². The van der Waals surface area contributed by atoms with Crippen LogP contribution < -0.4 is 5.32 Å². The molecule has 0 spiro atoms. The molecule has 2 rings (SSSR count). The first kappa shape index (κ1) is 15.8. The highest BCUT2D eigenvalue weighted by atomic mass is 35.5. The third kappa shape index (κ3) is 3.61. The molecule has 0 bridgehead atoms. The van der Waals surface area contributed by atoms with E-state index in [9.17, 15) is 4.79 Å². The van der Waals surface area contributed by atoms with Crippen molar-refractivity contribution in [2.45, 2.75) is 58.4 Å². The Balaban J connectivity index is 0.00000162. The molecule has 2 aliphatic rings. The lowest BCUT2D eigenvalue weighted by Gasteiger charge is -2.40. The molecule has 1 unspecified atom stereocenters. The van der Waals surface area contributed by atoms with Crippen molar-refractivity contribution in [2.24, 2.45) is 5.41 Å². The second kappa shape index (κ2) is 6.76. The Bertz CT molecular complexity index is 269. The minimum Gasteiger partial charge on any atom is -0.341 e. The normalized spacial score (nSPS) is 27.4. The lowest BCUT2D eigenvalue weighted by Crippen LogP contribution is -2.51. The van der Waals surface area contributed by atoms with Crippen LogP contribution in [-0.4, -0.2) is 36.5 Å². The van der Waals surface area contributed by atoms with Crippen LogP contribution in [0.2, 0.25) is 0 Å². The number of halogens is 1. The first-order valence-corrected chi connectivity index (χ1v) is 7.17. The van der Waals surface area contributed by atoms with E-state index in [-0.39, 0.29) is 18.4 Å². The maximum Gasteiger partial charge on any atom is 0.239 e. The van der Waals surface area contributed by atoms with E-state index in [0.717, 1.165) is 26.1 Å². The van der Waals surface area contributed by atoms with Gasteiger partial charge < -0.3 is 10.2 Å². The van der Waals surface area contributed by atoms with Gasteiger partial charge in [-0.25, -0.2) is 0 Å². The molecule has 2 heterocycles. The standard InChI is InChI=1S/C14H26N2O.ClH/c1-3-14(2)7-10-16(11-8-14)13(17)12-6-4-5-9-15-12;/h12,15H,3-11H2,1-2H3;1H. The minimum absolute atomic E-state index is 0. The predicted molar refractivity (Wildman–Crippen MR) is 77.1 cm³/mol. The summed E-state index contributed by atoms with van der Waals surface area (Å²) in [6.07, 6.45) is 7.02. The molecule has 2 aliphatic heterocycles. The van der Waals surface area contributed by atoms with E-state index < -0.39 is 0 Å². The Kier molecular flexibility index (Phi) is 5.93. The van der Waals surface area contributed by atoms with Crippen molar-refractivity contribution < 1.29 is 4.79 Å². The second-order valence-electron chi connectivity index (χ2n) is 5.99. The van der Waals surface area contributed by atoms with E-state index in [1.54, 1.807) is 0 Å². The van der Waals surface area contributed by atoms with Crippen LogP contribution in [-0.2, 0) is 4.79 Å². The number of nitrogens with zero attached hydrogens (tertiary/aromatic N) is 1. The summed E-state index contributed by atoms with van der Waals surface area (Å²) in [5.41, 5.74) is 0.469. The summed E-state index contributed by atoms with van der Waals surface area (Å²) < 4.78 is 0. The lowest BCUT2D eigenvalue weighted by molar-refractivity contribution is -0.136. The fourth-order valence-corrected chi connectivity index (χ4v) is 2.90. The Morgan fingerprint density at radius 3 is 2.50 bits per heavy atom. The molecule has 0 radical (unpaired) electrons. The number of nitrogens with one attached hydrogen (secondary N) is 1. The van der Waals surface area contributed by atoms with Gasteiger partial charge in [-0.15, -0.1) is 12.4 Å². The van der Waals surface area contributed by atoms with Crippen molar-refractivity contribution in [3.63, 3.8) is 0 Å². The number of carbonyl (C=O) groups is 1. The minimum atomic E-state index is 0. The second-order valence-corrected chi connectivity index (χ2v) is 5.99. The fraction of sp³-hybridized carbons (Fsp3) is 0.929. The molecule has 0 aromatic heterocycles. The quantitative estimate of drug-likeness (QED) is 0.839. The highest BCUT2D eigenvalue weighted by Crippen LogP contribution is 2.34. The van der Waals surface area contributed by atoms with Crippen LogP contribution in [0.3, 0.4) is 0 Å². The van der Waals surface area contributed by atoms with E-state index >= 15 is 0 Å². The van der Waals surface area contributed by atoms with Crippen LogP contribution in [0, 0.1) is 5.41 Å². The number of carbonyl (C=O) groups excluding carboxylic acids is 1. The van der Waals surface area contributed by atoms with Crippen LogP contribution >= 0.6 is 12.4 Å². The van der Waals surface area contributed by atoms with Gasteiger partial charge in [0.05, 0.1) is 6.04 Å². The molecule has 106 valence electrons. The molecular formula is C14H27ClN2O. The van der Waals surface area contributed by atoms with Gasteiger partial charge in [-0.1, -0.05) is 26.7 Å². The zero-order chi connectivity index (χ0) is 12.3. The molecule has 1 N–H and O–H groups in total. The highest BCUT2D eigenvalue weighted by Gasteiger charge is 2.33. The Morgan fingerprint density at radius 2 is 2.00 bits per heavy atom. The monoisotopic (exact) mass is 274 g/mol. The summed E-state index contributed by atoms with van der Waals surface area (Å²) in [7, 11) is 0.